The van der Waals surface area contributed by atoms with Gasteiger partial charge >= 0.3 is 0 Å². The van der Waals surface area contributed by atoms with Gasteiger partial charge < -0.3 is 9.40 Å². The Bertz CT molecular complexity index is 1100. The van der Waals surface area contributed by atoms with Crippen LogP contribution in [0.4, 0.5) is 0 Å². The highest BCUT2D eigenvalue weighted by atomic mass is 16.3. The van der Waals surface area contributed by atoms with Crippen molar-refractivity contribution < 1.29 is 4.42 Å². The highest BCUT2D eigenvalue weighted by Crippen LogP contribution is 2.27. The SMILES string of the molecule is c1ccc2[nH]c(-c3ccc(-c4ccc5ocnc5c4)cc3)nc2c1. The Morgan fingerprint density at radius 2 is 1.54 bits per heavy atom. The largest absolute Gasteiger partial charge is 0.443 e. The van der Waals surface area contributed by atoms with E-state index in [4.69, 9.17) is 4.42 Å². The van der Waals surface area contributed by atoms with Crippen LogP contribution in [-0.4, -0.2) is 15.0 Å². The lowest BCUT2D eigenvalue weighted by Gasteiger charge is -2.03. The molecule has 114 valence electrons. The van der Waals surface area contributed by atoms with Crippen molar-refractivity contribution in [2.45, 2.75) is 0 Å². The summed E-state index contributed by atoms with van der Waals surface area (Å²) in [6.45, 7) is 0. The molecule has 0 saturated heterocycles. The third kappa shape index (κ3) is 2.08. The van der Waals surface area contributed by atoms with E-state index < -0.39 is 0 Å². The van der Waals surface area contributed by atoms with Crippen LogP contribution in [0.3, 0.4) is 0 Å². The number of aromatic nitrogens is 3. The van der Waals surface area contributed by atoms with Crippen LogP contribution in [0.15, 0.2) is 77.5 Å². The Hall–Kier alpha value is -3.40. The summed E-state index contributed by atoms with van der Waals surface area (Å²) >= 11 is 0. The summed E-state index contributed by atoms with van der Waals surface area (Å²) in [5, 5.41) is 0. The second kappa shape index (κ2) is 5.06. The number of rotatable bonds is 2. The maximum atomic E-state index is 5.29. The van der Waals surface area contributed by atoms with Gasteiger partial charge in [-0.2, -0.15) is 0 Å². The first-order valence-electron chi connectivity index (χ1n) is 7.76. The third-order valence-electron chi connectivity index (χ3n) is 4.21. The Morgan fingerprint density at radius 1 is 0.750 bits per heavy atom. The lowest BCUT2D eigenvalue weighted by atomic mass is 10.0. The highest BCUT2D eigenvalue weighted by Gasteiger charge is 2.06. The normalized spacial score (nSPS) is 11.3. The van der Waals surface area contributed by atoms with Crippen LogP contribution in [0.5, 0.6) is 0 Å². The zero-order valence-corrected chi connectivity index (χ0v) is 12.7. The number of fused-ring (bicyclic) bond motifs is 2. The van der Waals surface area contributed by atoms with Gasteiger partial charge in [0.25, 0.3) is 0 Å². The summed E-state index contributed by atoms with van der Waals surface area (Å²) in [7, 11) is 0. The zero-order chi connectivity index (χ0) is 15.9. The maximum Gasteiger partial charge on any atom is 0.181 e. The number of hydrogen-bond donors (Lipinski definition) is 1. The molecule has 5 rings (SSSR count). The maximum absolute atomic E-state index is 5.29. The monoisotopic (exact) mass is 311 g/mol. The van der Waals surface area contributed by atoms with Crippen LogP contribution in [0.1, 0.15) is 0 Å². The zero-order valence-electron chi connectivity index (χ0n) is 12.7. The van der Waals surface area contributed by atoms with E-state index in [0.29, 0.717) is 0 Å². The average molecular weight is 311 g/mol. The minimum atomic E-state index is 0.803. The molecule has 0 aliphatic carbocycles. The number of aromatic amines is 1. The van der Waals surface area contributed by atoms with Crippen LogP contribution in [0, 0.1) is 0 Å². The van der Waals surface area contributed by atoms with Gasteiger partial charge in [0.2, 0.25) is 0 Å². The summed E-state index contributed by atoms with van der Waals surface area (Å²) in [5.74, 6) is 0.884. The smallest absolute Gasteiger partial charge is 0.181 e. The molecule has 0 aliphatic rings. The molecule has 0 spiro atoms. The molecule has 0 radical (unpaired) electrons. The number of H-pyrrole nitrogens is 1. The van der Waals surface area contributed by atoms with Crippen molar-refractivity contribution in [3.05, 3.63) is 73.1 Å². The van der Waals surface area contributed by atoms with E-state index in [1.54, 1.807) is 0 Å². The van der Waals surface area contributed by atoms with Crippen molar-refractivity contribution in [2.75, 3.05) is 0 Å². The molecule has 24 heavy (non-hydrogen) atoms. The fraction of sp³-hybridized carbons (Fsp3) is 0. The molecule has 4 heteroatoms. The molecule has 0 fully saturated rings. The summed E-state index contributed by atoms with van der Waals surface area (Å²) in [5.41, 5.74) is 7.03. The van der Waals surface area contributed by atoms with E-state index in [-0.39, 0.29) is 0 Å². The molecule has 0 amide bonds. The lowest BCUT2D eigenvalue weighted by Crippen LogP contribution is -1.82. The molecular formula is C20H13N3O. The summed E-state index contributed by atoms with van der Waals surface area (Å²) in [4.78, 5) is 12.2. The molecule has 1 N–H and O–H groups in total. The number of para-hydroxylation sites is 2. The van der Waals surface area contributed by atoms with Crippen LogP contribution in [0.25, 0.3) is 44.6 Å². The van der Waals surface area contributed by atoms with Gasteiger partial charge in [-0.05, 0) is 35.4 Å². The summed E-state index contributed by atoms with van der Waals surface area (Å²) in [6.07, 6.45) is 1.47. The van der Waals surface area contributed by atoms with Gasteiger partial charge in [0.05, 0.1) is 11.0 Å². The Kier molecular flexibility index (Phi) is 2.76. The number of oxazole rings is 1. The van der Waals surface area contributed by atoms with Crippen molar-refractivity contribution in [1.82, 2.24) is 15.0 Å². The molecule has 0 bridgehead atoms. The van der Waals surface area contributed by atoms with Gasteiger partial charge in [-0.3, -0.25) is 0 Å². The van der Waals surface area contributed by atoms with E-state index in [1.807, 2.05) is 42.5 Å². The van der Waals surface area contributed by atoms with Crippen molar-refractivity contribution >= 4 is 22.1 Å². The quantitative estimate of drug-likeness (QED) is 0.497. The number of imidazole rings is 1. The van der Waals surface area contributed by atoms with Crippen molar-refractivity contribution in [2.24, 2.45) is 0 Å². The Balaban J connectivity index is 1.54. The first-order chi connectivity index (χ1) is 11.9. The molecule has 0 atom stereocenters. The van der Waals surface area contributed by atoms with E-state index >= 15 is 0 Å². The highest BCUT2D eigenvalue weighted by molar-refractivity contribution is 5.82. The van der Waals surface area contributed by atoms with E-state index in [0.717, 1.165) is 44.6 Å². The van der Waals surface area contributed by atoms with E-state index in [1.165, 1.54) is 6.39 Å². The first-order valence-corrected chi connectivity index (χ1v) is 7.76. The fourth-order valence-electron chi connectivity index (χ4n) is 2.95. The van der Waals surface area contributed by atoms with Gasteiger partial charge in [0.15, 0.2) is 12.0 Å². The average Bonchev–Trinajstić information content (AvgIpc) is 3.27. The van der Waals surface area contributed by atoms with Crippen LogP contribution < -0.4 is 0 Å². The topological polar surface area (TPSA) is 54.7 Å². The molecule has 2 aromatic heterocycles. The molecule has 2 heterocycles. The van der Waals surface area contributed by atoms with Crippen molar-refractivity contribution in [1.29, 1.82) is 0 Å². The number of nitrogens with one attached hydrogen (secondary N) is 1. The minimum Gasteiger partial charge on any atom is -0.443 e. The fourth-order valence-corrected chi connectivity index (χ4v) is 2.95. The molecule has 3 aromatic carbocycles. The van der Waals surface area contributed by atoms with Gasteiger partial charge in [-0.15, -0.1) is 0 Å². The van der Waals surface area contributed by atoms with E-state index in [9.17, 15) is 0 Å². The lowest BCUT2D eigenvalue weighted by molar-refractivity contribution is 0.602. The van der Waals surface area contributed by atoms with E-state index in [2.05, 4.69) is 39.2 Å². The van der Waals surface area contributed by atoms with Crippen LogP contribution in [-0.2, 0) is 0 Å². The molecule has 5 aromatic rings. The minimum absolute atomic E-state index is 0.803. The predicted molar refractivity (Wildman–Crippen MR) is 94.5 cm³/mol. The molecular weight excluding hydrogens is 298 g/mol. The van der Waals surface area contributed by atoms with Crippen molar-refractivity contribution in [3.63, 3.8) is 0 Å². The van der Waals surface area contributed by atoms with Crippen molar-refractivity contribution in [3.8, 4) is 22.5 Å². The standard InChI is InChI=1S/C20H13N3O/c1-2-4-17-16(3-1)22-20(23-17)14-7-5-13(6-8-14)15-9-10-19-18(11-15)21-12-24-19/h1-12H,(H,22,23). The summed E-state index contributed by atoms with van der Waals surface area (Å²) in [6, 6.07) is 22.4. The van der Waals surface area contributed by atoms with Gasteiger partial charge in [-0.25, -0.2) is 9.97 Å². The van der Waals surface area contributed by atoms with Gasteiger partial charge in [-0.1, -0.05) is 42.5 Å². The van der Waals surface area contributed by atoms with Crippen LogP contribution >= 0.6 is 0 Å². The first kappa shape index (κ1) is 13.1. The second-order valence-electron chi connectivity index (χ2n) is 5.71. The van der Waals surface area contributed by atoms with Gasteiger partial charge in [0.1, 0.15) is 11.3 Å². The predicted octanol–water partition coefficient (Wildman–Crippen LogP) is 5.04. The number of benzene rings is 3. The third-order valence-corrected chi connectivity index (χ3v) is 4.21. The van der Waals surface area contributed by atoms with Gasteiger partial charge in [0, 0.05) is 5.56 Å². The molecule has 0 aliphatic heterocycles. The molecule has 4 nitrogen and oxygen atoms in total. The molecule has 0 unspecified atom stereocenters. The number of nitrogens with zero attached hydrogens (tertiary/aromatic N) is 2. The van der Waals surface area contributed by atoms with Crippen LogP contribution in [0.2, 0.25) is 0 Å². The second-order valence-corrected chi connectivity index (χ2v) is 5.71. The Labute approximate surface area is 137 Å². The summed E-state index contributed by atoms with van der Waals surface area (Å²) < 4.78 is 5.29. The molecule has 0 saturated carbocycles. The Morgan fingerprint density at radius 3 is 2.42 bits per heavy atom. The number of hydrogen-bond acceptors (Lipinski definition) is 3.